The predicted molar refractivity (Wildman–Crippen MR) is 96.9 cm³/mol. The number of rotatable bonds is 3. The van der Waals surface area contributed by atoms with E-state index in [0.717, 1.165) is 11.3 Å². The van der Waals surface area contributed by atoms with Crippen molar-refractivity contribution < 1.29 is 14.3 Å². The van der Waals surface area contributed by atoms with Crippen LogP contribution in [0.1, 0.15) is 42.2 Å². The van der Waals surface area contributed by atoms with Crippen molar-refractivity contribution in [2.24, 2.45) is 0 Å². The third kappa shape index (κ3) is 3.36. The molecule has 25 heavy (non-hydrogen) atoms. The summed E-state index contributed by atoms with van der Waals surface area (Å²) in [5.74, 6) is 0.514. The Labute approximate surface area is 147 Å². The van der Waals surface area contributed by atoms with E-state index in [1.807, 2.05) is 48.2 Å². The van der Waals surface area contributed by atoms with E-state index in [1.54, 1.807) is 19.2 Å². The first-order valence-electron chi connectivity index (χ1n) is 8.35. The molecule has 2 atom stereocenters. The van der Waals surface area contributed by atoms with Crippen LogP contribution in [0.2, 0.25) is 0 Å². The van der Waals surface area contributed by atoms with Crippen LogP contribution in [-0.2, 0) is 4.79 Å². The van der Waals surface area contributed by atoms with Gasteiger partial charge in [-0.1, -0.05) is 24.3 Å². The SMILES string of the molecule is COc1cccc(C(=O)N2c3ccccc3C(NC(C)=O)CC2C)c1. The van der Waals surface area contributed by atoms with Gasteiger partial charge >= 0.3 is 0 Å². The van der Waals surface area contributed by atoms with Crippen LogP contribution in [0.4, 0.5) is 5.69 Å². The summed E-state index contributed by atoms with van der Waals surface area (Å²) >= 11 is 0. The Morgan fingerprint density at radius 1 is 1.16 bits per heavy atom. The highest BCUT2D eigenvalue weighted by atomic mass is 16.5. The monoisotopic (exact) mass is 338 g/mol. The van der Waals surface area contributed by atoms with Gasteiger partial charge in [-0.3, -0.25) is 9.59 Å². The molecule has 0 radical (unpaired) electrons. The lowest BCUT2D eigenvalue weighted by molar-refractivity contribution is -0.119. The van der Waals surface area contributed by atoms with E-state index in [4.69, 9.17) is 4.74 Å². The number of para-hydroxylation sites is 1. The van der Waals surface area contributed by atoms with E-state index < -0.39 is 0 Å². The number of ether oxygens (including phenoxy) is 1. The van der Waals surface area contributed by atoms with Crippen LogP contribution in [0.5, 0.6) is 5.75 Å². The summed E-state index contributed by atoms with van der Waals surface area (Å²) in [6.07, 6.45) is 0.673. The van der Waals surface area contributed by atoms with Crippen molar-refractivity contribution >= 4 is 17.5 Å². The van der Waals surface area contributed by atoms with Crippen LogP contribution >= 0.6 is 0 Å². The maximum Gasteiger partial charge on any atom is 0.258 e. The molecule has 1 heterocycles. The van der Waals surface area contributed by atoms with Gasteiger partial charge in [0.2, 0.25) is 5.91 Å². The first kappa shape index (κ1) is 17.0. The number of hydrogen-bond donors (Lipinski definition) is 1. The number of anilines is 1. The second-order valence-corrected chi connectivity index (χ2v) is 6.30. The molecule has 5 nitrogen and oxygen atoms in total. The number of nitrogens with one attached hydrogen (secondary N) is 1. The highest BCUT2D eigenvalue weighted by molar-refractivity contribution is 6.07. The molecule has 0 saturated heterocycles. The number of amides is 2. The molecule has 2 amide bonds. The van der Waals surface area contributed by atoms with E-state index in [-0.39, 0.29) is 23.9 Å². The molecule has 1 aliphatic rings. The molecule has 0 aromatic heterocycles. The lowest BCUT2D eigenvalue weighted by Crippen LogP contribution is -2.46. The fourth-order valence-corrected chi connectivity index (χ4v) is 3.40. The molecule has 1 N–H and O–H groups in total. The molecule has 2 aromatic carbocycles. The Morgan fingerprint density at radius 2 is 1.92 bits per heavy atom. The van der Waals surface area contributed by atoms with Gasteiger partial charge in [0.15, 0.2) is 0 Å². The fraction of sp³-hybridized carbons (Fsp3) is 0.300. The smallest absolute Gasteiger partial charge is 0.258 e. The minimum atomic E-state index is -0.0851. The predicted octanol–water partition coefficient (Wildman–Crippen LogP) is 3.31. The third-order valence-electron chi connectivity index (χ3n) is 4.50. The van der Waals surface area contributed by atoms with Crippen LogP contribution in [0.15, 0.2) is 48.5 Å². The number of carbonyl (C=O) groups is 2. The molecular weight excluding hydrogens is 316 g/mol. The van der Waals surface area contributed by atoms with Crippen molar-refractivity contribution in [1.29, 1.82) is 0 Å². The molecule has 0 aliphatic carbocycles. The summed E-state index contributed by atoms with van der Waals surface area (Å²) in [7, 11) is 1.58. The van der Waals surface area contributed by atoms with Gasteiger partial charge in [-0.25, -0.2) is 0 Å². The van der Waals surface area contributed by atoms with Crippen molar-refractivity contribution in [3.05, 3.63) is 59.7 Å². The largest absolute Gasteiger partial charge is 0.497 e. The molecular formula is C20H22N2O3. The summed E-state index contributed by atoms with van der Waals surface area (Å²) in [6.45, 7) is 3.52. The van der Waals surface area contributed by atoms with Crippen LogP contribution < -0.4 is 15.0 Å². The maximum absolute atomic E-state index is 13.2. The standard InChI is InChI=1S/C20H22N2O3/c1-13-11-18(21-14(2)23)17-9-4-5-10-19(17)22(13)20(24)15-7-6-8-16(12-15)25-3/h4-10,12-13,18H,11H2,1-3H3,(H,21,23). The van der Waals surface area contributed by atoms with Gasteiger partial charge in [0.25, 0.3) is 5.91 Å². The van der Waals surface area contributed by atoms with Crippen LogP contribution in [0, 0.1) is 0 Å². The summed E-state index contributed by atoms with van der Waals surface area (Å²) in [4.78, 5) is 26.5. The van der Waals surface area contributed by atoms with Gasteiger partial charge in [-0.15, -0.1) is 0 Å². The minimum Gasteiger partial charge on any atom is -0.497 e. The van der Waals surface area contributed by atoms with Crippen molar-refractivity contribution in [1.82, 2.24) is 5.32 Å². The quantitative estimate of drug-likeness (QED) is 0.934. The zero-order chi connectivity index (χ0) is 18.0. The number of methoxy groups -OCH3 is 1. The van der Waals surface area contributed by atoms with Crippen LogP contribution in [-0.4, -0.2) is 25.0 Å². The van der Waals surface area contributed by atoms with Crippen LogP contribution in [0.25, 0.3) is 0 Å². The van der Waals surface area contributed by atoms with Gasteiger partial charge in [0.05, 0.1) is 13.2 Å². The second kappa shape index (κ2) is 6.97. The van der Waals surface area contributed by atoms with E-state index >= 15 is 0 Å². The zero-order valence-corrected chi connectivity index (χ0v) is 14.7. The first-order chi connectivity index (χ1) is 12.0. The topological polar surface area (TPSA) is 58.6 Å². The normalized spacial score (nSPS) is 19.1. The van der Waals surface area contributed by atoms with Gasteiger partial charge in [-0.05, 0) is 43.2 Å². The summed E-state index contributed by atoms with van der Waals surface area (Å²) < 4.78 is 5.23. The van der Waals surface area contributed by atoms with Crippen molar-refractivity contribution in [3.63, 3.8) is 0 Å². The Balaban J connectivity index is 2.00. The molecule has 2 aromatic rings. The number of fused-ring (bicyclic) bond motifs is 1. The minimum absolute atomic E-state index is 0.0366. The first-order valence-corrected chi connectivity index (χ1v) is 8.35. The molecule has 0 bridgehead atoms. The average Bonchev–Trinajstić information content (AvgIpc) is 2.61. The number of nitrogens with zero attached hydrogens (tertiary/aromatic N) is 1. The maximum atomic E-state index is 13.2. The van der Waals surface area contributed by atoms with Crippen LogP contribution in [0.3, 0.4) is 0 Å². The number of benzene rings is 2. The molecule has 3 rings (SSSR count). The molecule has 1 aliphatic heterocycles. The van der Waals surface area contributed by atoms with Gasteiger partial charge < -0.3 is 15.0 Å². The van der Waals surface area contributed by atoms with E-state index in [1.165, 1.54) is 6.92 Å². The average molecular weight is 338 g/mol. The summed E-state index contributed by atoms with van der Waals surface area (Å²) in [5.41, 5.74) is 2.39. The van der Waals surface area contributed by atoms with E-state index in [9.17, 15) is 9.59 Å². The Morgan fingerprint density at radius 3 is 2.64 bits per heavy atom. The lowest BCUT2D eigenvalue weighted by atomic mass is 9.91. The molecule has 2 unspecified atom stereocenters. The van der Waals surface area contributed by atoms with Crippen molar-refractivity contribution in [2.75, 3.05) is 12.0 Å². The Hall–Kier alpha value is -2.82. The highest BCUT2D eigenvalue weighted by Gasteiger charge is 2.34. The van der Waals surface area contributed by atoms with E-state index in [0.29, 0.717) is 17.7 Å². The Kier molecular flexibility index (Phi) is 4.74. The van der Waals surface area contributed by atoms with E-state index in [2.05, 4.69) is 5.32 Å². The summed E-state index contributed by atoms with van der Waals surface area (Å²) in [5, 5.41) is 2.99. The number of carbonyl (C=O) groups excluding carboxylic acids is 2. The molecule has 5 heteroatoms. The second-order valence-electron chi connectivity index (χ2n) is 6.30. The molecule has 0 fully saturated rings. The third-order valence-corrected chi connectivity index (χ3v) is 4.50. The molecule has 0 spiro atoms. The van der Waals surface area contributed by atoms with Crippen molar-refractivity contribution in [2.45, 2.75) is 32.4 Å². The molecule has 0 saturated carbocycles. The van der Waals surface area contributed by atoms with Crippen molar-refractivity contribution in [3.8, 4) is 5.75 Å². The number of hydrogen-bond acceptors (Lipinski definition) is 3. The lowest BCUT2D eigenvalue weighted by Gasteiger charge is -2.39. The van der Waals surface area contributed by atoms with Gasteiger partial charge in [0.1, 0.15) is 5.75 Å². The highest BCUT2D eigenvalue weighted by Crippen LogP contribution is 2.38. The summed E-state index contributed by atoms with van der Waals surface area (Å²) in [6, 6.07) is 14.8. The Bertz CT molecular complexity index is 803. The van der Waals surface area contributed by atoms with Gasteiger partial charge in [0, 0.05) is 24.2 Å². The zero-order valence-electron chi connectivity index (χ0n) is 14.7. The fourth-order valence-electron chi connectivity index (χ4n) is 3.40. The molecule has 130 valence electrons. The van der Waals surface area contributed by atoms with Gasteiger partial charge in [-0.2, -0.15) is 0 Å².